The summed E-state index contributed by atoms with van der Waals surface area (Å²) in [7, 11) is 0. The van der Waals surface area contributed by atoms with Crippen LogP contribution < -0.4 is 26.8 Å². The number of nitrogens with one attached hydrogen (secondary N) is 2. The van der Waals surface area contributed by atoms with E-state index in [1.807, 2.05) is 0 Å². The molecule has 0 bridgehead atoms. The Kier molecular flexibility index (Phi) is 10.9. The maximum Gasteiger partial charge on any atom is 0.326 e. The normalized spacial score (nSPS) is 14.5. The summed E-state index contributed by atoms with van der Waals surface area (Å²) in [6.07, 6.45) is 0.220. The van der Waals surface area contributed by atoms with E-state index in [-0.39, 0.29) is 42.7 Å². The summed E-state index contributed by atoms with van der Waals surface area (Å²) < 4.78 is 5.56. The van der Waals surface area contributed by atoms with Gasteiger partial charge < -0.3 is 31.9 Å². The zero-order valence-electron chi connectivity index (χ0n) is 18.4. The Morgan fingerprint density at radius 1 is 1.19 bits per heavy atom. The standard InChI is InChI=1S/C21H31ClN4O6/c1-4-11(2)18(21(30)31)26-20(29)15(7-8-17(24)27)25-19(28)14-6-5-13(22)9-16(14)32-10-12(3)23/h5-6,9,11-12,15,18H,4,7-8,10,23H2,1-3H3,(H2,24,27)(H,25,28)(H,26,29)(H,30,31)/t11-,12+,15-,18-/m0/s1. The van der Waals surface area contributed by atoms with Crippen molar-refractivity contribution in [2.75, 3.05) is 6.61 Å². The van der Waals surface area contributed by atoms with Crippen molar-refractivity contribution in [3.63, 3.8) is 0 Å². The maximum absolute atomic E-state index is 12.9. The molecule has 7 N–H and O–H groups in total. The van der Waals surface area contributed by atoms with Crippen molar-refractivity contribution >= 4 is 35.3 Å². The van der Waals surface area contributed by atoms with Gasteiger partial charge in [-0.3, -0.25) is 14.4 Å². The molecule has 0 saturated heterocycles. The highest BCUT2D eigenvalue weighted by atomic mass is 35.5. The Hall–Kier alpha value is -2.85. The van der Waals surface area contributed by atoms with Crippen LogP contribution in [-0.2, 0) is 14.4 Å². The number of hydrogen-bond donors (Lipinski definition) is 5. The molecule has 0 spiro atoms. The molecule has 3 amide bonds. The molecular formula is C21H31ClN4O6. The molecule has 4 atom stereocenters. The third-order valence-electron chi connectivity index (χ3n) is 4.77. The molecule has 11 heteroatoms. The van der Waals surface area contributed by atoms with Gasteiger partial charge in [-0.05, 0) is 37.5 Å². The molecule has 1 aromatic carbocycles. The van der Waals surface area contributed by atoms with Crippen LogP contribution in [0.5, 0.6) is 5.75 Å². The monoisotopic (exact) mass is 470 g/mol. The van der Waals surface area contributed by atoms with Crippen molar-refractivity contribution in [3.8, 4) is 5.75 Å². The lowest BCUT2D eigenvalue weighted by Gasteiger charge is -2.24. The van der Waals surface area contributed by atoms with Crippen LogP contribution in [0.3, 0.4) is 0 Å². The summed E-state index contributed by atoms with van der Waals surface area (Å²) in [5.74, 6) is -3.44. The number of carboxylic acid groups (broad SMARTS) is 1. The summed E-state index contributed by atoms with van der Waals surface area (Å²) in [6, 6.07) is 1.71. The maximum atomic E-state index is 12.9. The van der Waals surface area contributed by atoms with Crippen LogP contribution in [0, 0.1) is 5.92 Å². The van der Waals surface area contributed by atoms with E-state index >= 15 is 0 Å². The number of hydrogen-bond acceptors (Lipinski definition) is 6. The molecule has 0 heterocycles. The van der Waals surface area contributed by atoms with Gasteiger partial charge in [0.15, 0.2) is 0 Å². The van der Waals surface area contributed by atoms with Gasteiger partial charge in [-0.1, -0.05) is 31.9 Å². The first-order chi connectivity index (χ1) is 15.0. The average Bonchev–Trinajstić information content (AvgIpc) is 2.72. The van der Waals surface area contributed by atoms with E-state index in [2.05, 4.69) is 10.6 Å². The first-order valence-electron chi connectivity index (χ1n) is 10.3. The first kappa shape index (κ1) is 27.2. The second kappa shape index (κ2) is 12.9. The van der Waals surface area contributed by atoms with Gasteiger partial charge in [0.2, 0.25) is 11.8 Å². The number of carboxylic acids is 1. The molecule has 0 aliphatic heterocycles. The lowest BCUT2D eigenvalue weighted by molar-refractivity contribution is -0.143. The number of ether oxygens (including phenoxy) is 1. The van der Waals surface area contributed by atoms with Crippen molar-refractivity contribution < 1.29 is 29.0 Å². The number of primary amides is 1. The summed E-state index contributed by atoms with van der Waals surface area (Å²) in [5, 5.41) is 14.7. The number of halogens is 1. The number of nitrogens with two attached hydrogens (primary N) is 2. The number of benzene rings is 1. The third kappa shape index (κ3) is 8.72. The molecule has 0 aromatic heterocycles. The molecule has 0 aliphatic carbocycles. The minimum absolute atomic E-state index is 0.101. The van der Waals surface area contributed by atoms with Gasteiger partial charge >= 0.3 is 5.97 Å². The van der Waals surface area contributed by atoms with Crippen molar-refractivity contribution in [1.82, 2.24) is 10.6 Å². The van der Waals surface area contributed by atoms with Crippen LogP contribution in [0.15, 0.2) is 18.2 Å². The van der Waals surface area contributed by atoms with Crippen LogP contribution in [0.2, 0.25) is 5.02 Å². The predicted molar refractivity (Wildman–Crippen MR) is 119 cm³/mol. The van der Waals surface area contributed by atoms with Crippen LogP contribution >= 0.6 is 11.6 Å². The molecule has 0 saturated carbocycles. The van der Waals surface area contributed by atoms with E-state index in [0.29, 0.717) is 11.4 Å². The summed E-state index contributed by atoms with van der Waals surface area (Å²) >= 11 is 5.99. The lowest BCUT2D eigenvalue weighted by atomic mass is 9.98. The number of carbonyl (C=O) groups excluding carboxylic acids is 3. The number of amides is 3. The zero-order valence-corrected chi connectivity index (χ0v) is 19.1. The predicted octanol–water partition coefficient (Wildman–Crippen LogP) is 1.05. The van der Waals surface area contributed by atoms with Gasteiger partial charge in [-0.15, -0.1) is 0 Å². The van der Waals surface area contributed by atoms with Crippen LogP contribution in [0.25, 0.3) is 0 Å². The fourth-order valence-corrected chi connectivity index (χ4v) is 2.91. The summed E-state index contributed by atoms with van der Waals surface area (Å²) in [5.41, 5.74) is 11.0. The molecule has 0 fully saturated rings. The van der Waals surface area contributed by atoms with Gasteiger partial charge in [0, 0.05) is 17.5 Å². The smallest absolute Gasteiger partial charge is 0.326 e. The van der Waals surface area contributed by atoms with Crippen molar-refractivity contribution in [2.45, 2.75) is 58.2 Å². The minimum atomic E-state index is -1.20. The molecule has 1 aromatic rings. The van der Waals surface area contributed by atoms with Crippen molar-refractivity contribution in [2.24, 2.45) is 17.4 Å². The molecule has 0 radical (unpaired) electrons. The van der Waals surface area contributed by atoms with Crippen LogP contribution in [0.4, 0.5) is 0 Å². The zero-order chi connectivity index (χ0) is 24.4. The van der Waals surface area contributed by atoms with E-state index in [1.165, 1.54) is 18.2 Å². The number of aliphatic carboxylic acids is 1. The highest BCUT2D eigenvalue weighted by Crippen LogP contribution is 2.24. The highest BCUT2D eigenvalue weighted by Gasteiger charge is 2.30. The Morgan fingerprint density at radius 2 is 1.84 bits per heavy atom. The molecule has 32 heavy (non-hydrogen) atoms. The Morgan fingerprint density at radius 3 is 2.38 bits per heavy atom. The molecule has 0 aliphatic rings. The van der Waals surface area contributed by atoms with Gasteiger partial charge in [0.1, 0.15) is 24.4 Å². The quantitative estimate of drug-likeness (QED) is 0.286. The van der Waals surface area contributed by atoms with Gasteiger partial charge in [0.05, 0.1) is 5.56 Å². The molecule has 10 nitrogen and oxygen atoms in total. The third-order valence-corrected chi connectivity index (χ3v) is 5.00. The second-order valence-electron chi connectivity index (χ2n) is 7.67. The Labute approximate surface area is 192 Å². The molecule has 1 rings (SSSR count). The number of carbonyl (C=O) groups is 4. The van der Waals surface area contributed by atoms with E-state index in [4.69, 9.17) is 27.8 Å². The summed E-state index contributed by atoms with van der Waals surface area (Å²) in [4.78, 5) is 48.5. The summed E-state index contributed by atoms with van der Waals surface area (Å²) in [6.45, 7) is 5.33. The van der Waals surface area contributed by atoms with Gasteiger partial charge in [-0.25, -0.2) is 4.79 Å². The fraction of sp³-hybridized carbons (Fsp3) is 0.524. The highest BCUT2D eigenvalue weighted by molar-refractivity contribution is 6.30. The topological polar surface area (TPSA) is 174 Å². The van der Waals surface area contributed by atoms with E-state index in [1.54, 1.807) is 20.8 Å². The largest absolute Gasteiger partial charge is 0.491 e. The second-order valence-corrected chi connectivity index (χ2v) is 8.11. The van der Waals surface area contributed by atoms with Crippen molar-refractivity contribution in [3.05, 3.63) is 28.8 Å². The Bertz CT molecular complexity index is 833. The van der Waals surface area contributed by atoms with Crippen LogP contribution in [0.1, 0.15) is 50.4 Å². The van der Waals surface area contributed by atoms with E-state index in [0.717, 1.165) is 0 Å². The molecule has 178 valence electrons. The first-order valence-corrected chi connectivity index (χ1v) is 10.6. The average molecular weight is 471 g/mol. The van der Waals surface area contributed by atoms with E-state index < -0.39 is 35.8 Å². The Balaban J connectivity index is 3.10. The fourth-order valence-electron chi connectivity index (χ4n) is 2.75. The van der Waals surface area contributed by atoms with Crippen LogP contribution in [-0.4, -0.2) is 53.5 Å². The lowest BCUT2D eigenvalue weighted by Crippen LogP contribution is -2.53. The molecular weight excluding hydrogens is 440 g/mol. The van der Waals surface area contributed by atoms with Gasteiger partial charge in [-0.2, -0.15) is 0 Å². The number of rotatable bonds is 13. The van der Waals surface area contributed by atoms with Crippen molar-refractivity contribution in [1.29, 1.82) is 0 Å². The minimum Gasteiger partial charge on any atom is -0.491 e. The van der Waals surface area contributed by atoms with Gasteiger partial charge in [0.25, 0.3) is 5.91 Å². The SMILES string of the molecule is CC[C@H](C)[C@H](NC(=O)[C@H](CCC(N)=O)NC(=O)c1ccc(Cl)cc1OC[C@@H](C)N)C(=O)O. The molecule has 0 unspecified atom stereocenters. The van der Waals surface area contributed by atoms with E-state index in [9.17, 15) is 24.3 Å².